The number of H-pyrrole nitrogens is 1. The number of hydrogen-bond acceptors (Lipinski definition) is 5. The van der Waals surface area contributed by atoms with Crippen molar-refractivity contribution in [2.24, 2.45) is 0 Å². The summed E-state index contributed by atoms with van der Waals surface area (Å²) in [5, 5.41) is 11.6. The maximum atomic E-state index is 12.3. The van der Waals surface area contributed by atoms with Crippen molar-refractivity contribution in [1.82, 2.24) is 20.5 Å². The van der Waals surface area contributed by atoms with Gasteiger partial charge < -0.3 is 10.2 Å². The first kappa shape index (κ1) is 13.8. The third-order valence-corrected chi connectivity index (χ3v) is 3.88. The molecule has 0 spiro atoms. The summed E-state index contributed by atoms with van der Waals surface area (Å²) in [6.07, 6.45) is 0. The van der Waals surface area contributed by atoms with Crippen molar-refractivity contribution in [1.29, 1.82) is 0 Å². The van der Waals surface area contributed by atoms with Crippen LogP contribution in [0.5, 0.6) is 0 Å². The zero-order valence-electron chi connectivity index (χ0n) is 12.3. The Bertz CT molecular complexity index is 703. The van der Waals surface area contributed by atoms with Crippen LogP contribution in [0.25, 0.3) is 11.3 Å². The average Bonchev–Trinajstić information content (AvgIpc) is 2.51. The van der Waals surface area contributed by atoms with Crippen LogP contribution in [0.1, 0.15) is 11.1 Å². The van der Waals surface area contributed by atoms with Crippen LogP contribution in [0.15, 0.2) is 23.0 Å². The smallest absolute Gasteiger partial charge is 0.279 e. The molecule has 2 heterocycles. The van der Waals surface area contributed by atoms with Gasteiger partial charge in [-0.2, -0.15) is 0 Å². The van der Waals surface area contributed by atoms with Crippen molar-refractivity contribution < 1.29 is 0 Å². The summed E-state index contributed by atoms with van der Waals surface area (Å²) < 4.78 is 0. The van der Waals surface area contributed by atoms with Gasteiger partial charge in [0.1, 0.15) is 0 Å². The number of rotatable bonds is 2. The van der Waals surface area contributed by atoms with Crippen molar-refractivity contribution in [3.63, 3.8) is 0 Å². The Labute approximate surface area is 123 Å². The average molecular weight is 285 g/mol. The zero-order chi connectivity index (χ0) is 14.8. The van der Waals surface area contributed by atoms with Gasteiger partial charge in [0.2, 0.25) is 5.95 Å². The Morgan fingerprint density at radius 1 is 1.10 bits per heavy atom. The lowest BCUT2D eigenvalue weighted by atomic mass is 10.0. The molecule has 1 aliphatic heterocycles. The SMILES string of the molecule is Cc1ccc(-c2nnc(N3CCNCC3)[nH]c2=O)cc1C. The summed E-state index contributed by atoms with van der Waals surface area (Å²) in [6.45, 7) is 7.50. The lowest BCUT2D eigenvalue weighted by molar-refractivity contribution is 0.576. The molecule has 6 heteroatoms. The maximum absolute atomic E-state index is 12.3. The molecule has 1 aliphatic rings. The van der Waals surface area contributed by atoms with Crippen LogP contribution in [0, 0.1) is 13.8 Å². The van der Waals surface area contributed by atoms with Gasteiger partial charge in [0.25, 0.3) is 5.56 Å². The third kappa shape index (κ3) is 2.80. The van der Waals surface area contributed by atoms with E-state index in [4.69, 9.17) is 0 Å². The Morgan fingerprint density at radius 3 is 2.52 bits per heavy atom. The van der Waals surface area contributed by atoms with Crippen molar-refractivity contribution >= 4 is 5.95 Å². The Kier molecular flexibility index (Phi) is 3.70. The largest absolute Gasteiger partial charge is 0.338 e. The molecule has 0 aliphatic carbocycles. The first-order valence-corrected chi connectivity index (χ1v) is 7.15. The monoisotopic (exact) mass is 285 g/mol. The van der Waals surface area contributed by atoms with Crippen LogP contribution in [0.4, 0.5) is 5.95 Å². The van der Waals surface area contributed by atoms with E-state index in [0.717, 1.165) is 37.3 Å². The van der Waals surface area contributed by atoms with Crippen molar-refractivity contribution in [2.45, 2.75) is 13.8 Å². The second kappa shape index (κ2) is 5.65. The summed E-state index contributed by atoms with van der Waals surface area (Å²) >= 11 is 0. The minimum Gasteiger partial charge on any atom is -0.338 e. The molecule has 2 N–H and O–H groups in total. The van der Waals surface area contributed by atoms with Crippen LogP contribution in [0.2, 0.25) is 0 Å². The number of aromatic amines is 1. The highest BCUT2D eigenvalue weighted by Gasteiger charge is 2.15. The van der Waals surface area contributed by atoms with Crippen molar-refractivity contribution in [2.75, 3.05) is 31.1 Å². The molecule has 0 radical (unpaired) electrons. The van der Waals surface area contributed by atoms with E-state index in [1.54, 1.807) is 0 Å². The molecule has 3 rings (SSSR count). The quantitative estimate of drug-likeness (QED) is 0.856. The van der Waals surface area contributed by atoms with Crippen LogP contribution < -0.4 is 15.8 Å². The summed E-state index contributed by atoms with van der Waals surface area (Å²) in [4.78, 5) is 17.2. The minimum atomic E-state index is -0.193. The molecule has 0 amide bonds. The van der Waals surface area contributed by atoms with E-state index in [0.29, 0.717) is 11.6 Å². The molecule has 1 aromatic heterocycles. The predicted octanol–water partition coefficient (Wildman–Crippen LogP) is 0.858. The molecule has 0 saturated carbocycles. The van der Waals surface area contributed by atoms with E-state index in [-0.39, 0.29) is 5.56 Å². The van der Waals surface area contributed by atoms with E-state index >= 15 is 0 Å². The van der Waals surface area contributed by atoms with Gasteiger partial charge in [-0.15, -0.1) is 10.2 Å². The van der Waals surface area contributed by atoms with Gasteiger partial charge in [-0.3, -0.25) is 9.78 Å². The molecule has 1 saturated heterocycles. The van der Waals surface area contributed by atoms with Crippen LogP contribution >= 0.6 is 0 Å². The molecule has 1 aromatic carbocycles. The predicted molar refractivity (Wildman–Crippen MR) is 82.6 cm³/mol. The number of aromatic nitrogens is 3. The van der Waals surface area contributed by atoms with E-state index in [9.17, 15) is 4.79 Å². The molecule has 0 atom stereocenters. The molecule has 21 heavy (non-hydrogen) atoms. The lowest BCUT2D eigenvalue weighted by Gasteiger charge is -2.27. The molecule has 0 unspecified atom stereocenters. The Balaban J connectivity index is 1.93. The fourth-order valence-corrected chi connectivity index (χ4v) is 2.43. The molecule has 110 valence electrons. The van der Waals surface area contributed by atoms with Gasteiger partial charge >= 0.3 is 0 Å². The van der Waals surface area contributed by atoms with Gasteiger partial charge in [0.15, 0.2) is 5.69 Å². The number of benzene rings is 1. The number of nitrogens with one attached hydrogen (secondary N) is 2. The highest BCUT2D eigenvalue weighted by molar-refractivity contribution is 5.59. The topological polar surface area (TPSA) is 73.9 Å². The second-order valence-electron chi connectivity index (χ2n) is 5.36. The fourth-order valence-electron chi connectivity index (χ4n) is 2.43. The fraction of sp³-hybridized carbons (Fsp3) is 0.400. The van der Waals surface area contributed by atoms with E-state index < -0.39 is 0 Å². The van der Waals surface area contributed by atoms with Gasteiger partial charge in [-0.1, -0.05) is 12.1 Å². The molecule has 0 bridgehead atoms. The number of anilines is 1. The summed E-state index contributed by atoms with van der Waals surface area (Å²) in [5.41, 5.74) is 3.32. The van der Waals surface area contributed by atoms with E-state index in [1.165, 1.54) is 5.56 Å². The third-order valence-electron chi connectivity index (χ3n) is 3.88. The number of hydrogen-bond donors (Lipinski definition) is 2. The molecular weight excluding hydrogens is 266 g/mol. The maximum Gasteiger partial charge on any atom is 0.279 e. The van der Waals surface area contributed by atoms with Gasteiger partial charge in [0, 0.05) is 31.7 Å². The zero-order valence-corrected chi connectivity index (χ0v) is 12.3. The standard InChI is InChI=1S/C15H19N5O/c1-10-3-4-12(9-11(10)2)13-14(21)17-15(19-18-13)20-7-5-16-6-8-20/h3-4,9,16H,5-8H2,1-2H3,(H,17,19,21). The Morgan fingerprint density at radius 2 is 1.86 bits per heavy atom. The van der Waals surface area contributed by atoms with Gasteiger partial charge in [-0.25, -0.2) is 0 Å². The first-order chi connectivity index (χ1) is 10.1. The molecule has 1 fully saturated rings. The highest BCUT2D eigenvalue weighted by atomic mass is 16.1. The highest BCUT2D eigenvalue weighted by Crippen LogP contribution is 2.17. The van der Waals surface area contributed by atoms with Gasteiger partial charge in [0.05, 0.1) is 0 Å². The van der Waals surface area contributed by atoms with Gasteiger partial charge in [-0.05, 0) is 31.0 Å². The molecule has 6 nitrogen and oxygen atoms in total. The minimum absolute atomic E-state index is 0.193. The van der Waals surface area contributed by atoms with Crippen molar-refractivity contribution in [3.05, 3.63) is 39.7 Å². The number of nitrogens with zero attached hydrogens (tertiary/aromatic N) is 3. The summed E-state index contributed by atoms with van der Waals surface area (Å²) in [7, 11) is 0. The molecular formula is C15H19N5O. The molecule has 2 aromatic rings. The van der Waals surface area contributed by atoms with E-state index in [1.807, 2.05) is 36.9 Å². The lowest BCUT2D eigenvalue weighted by Crippen LogP contribution is -2.45. The summed E-state index contributed by atoms with van der Waals surface area (Å²) in [6, 6.07) is 5.88. The van der Waals surface area contributed by atoms with E-state index in [2.05, 4.69) is 20.5 Å². The summed E-state index contributed by atoms with van der Waals surface area (Å²) in [5.74, 6) is 0.550. The van der Waals surface area contributed by atoms with Crippen LogP contribution in [0.3, 0.4) is 0 Å². The van der Waals surface area contributed by atoms with Crippen LogP contribution in [-0.4, -0.2) is 41.4 Å². The number of piperazine rings is 1. The normalized spacial score (nSPS) is 15.2. The Hall–Kier alpha value is -2.21. The number of aryl methyl sites for hydroxylation is 2. The second-order valence-corrected chi connectivity index (χ2v) is 5.36. The van der Waals surface area contributed by atoms with Crippen molar-refractivity contribution in [3.8, 4) is 11.3 Å². The first-order valence-electron chi connectivity index (χ1n) is 7.15. The van der Waals surface area contributed by atoms with Crippen LogP contribution in [-0.2, 0) is 0 Å².